The van der Waals surface area contributed by atoms with Crippen LogP contribution in [0.5, 0.6) is 5.75 Å². The van der Waals surface area contributed by atoms with Crippen molar-refractivity contribution in [3.63, 3.8) is 0 Å². The van der Waals surface area contributed by atoms with Crippen LogP contribution in [-0.2, 0) is 4.79 Å². The standard InChI is InChI=1S/C18H15ClF3N3O2S2/c1-9-10(2)29-17-15(9)16(23-8-24-17)28-6-14(26)25-12-5-11(19)3-4-13(12)27-7-18(20,21)22/h3-5,8H,6-7H2,1-2H3,(H,25,26). The smallest absolute Gasteiger partial charge is 0.422 e. The monoisotopic (exact) mass is 461 g/mol. The van der Waals surface area contributed by atoms with Gasteiger partial charge in [-0.05, 0) is 37.6 Å². The average molecular weight is 462 g/mol. The van der Waals surface area contributed by atoms with Crippen molar-refractivity contribution in [2.75, 3.05) is 17.7 Å². The Morgan fingerprint density at radius 2 is 2.07 bits per heavy atom. The third kappa shape index (κ3) is 5.52. The molecule has 0 saturated carbocycles. The maximum absolute atomic E-state index is 12.4. The molecule has 0 atom stereocenters. The van der Waals surface area contributed by atoms with Crippen molar-refractivity contribution in [2.45, 2.75) is 25.0 Å². The summed E-state index contributed by atoms with van der Waals surface area (Å²) in [5.74, 6) is -0.532. The van der Waals surface area contributed by atoms with E-state index in [-0.39, 0.29) is 22.2 Å². The van der Waals surface area contributed by atoms with Crippen LogP contribution < -0.4 is 10.1 Å². The average Bonchev–Trinajstić information content (AvgIpc) is 2.93. The van der Waals surface area contributed by atoms with Crippen LogP contribution >= 0.6 is 34.7 Å². The minimum absolute atomic E-state index is 0.00563. The van der Waals surface area contributed by atoms with Crippen molar-refractivity contribution in [3.8, 4) is 5.75 Å². The summed E-state index contributed by atoms with van der Waals surface area (Å²) >= 11 is 8.67. The maximum Gasteiger partial charge on any atom is 0.422 e. The fourth-order valence-corrected chi connectivity index (χ4v) is 4.55. The fourth-order valence-electron chi connectivity index (χ4n) is 2.47. The Morgan fingerprint density at radius 1 is 1.31 bits per heavy atom. The van der Waals surface area contributed by atoms with E-state index in [1.165, 1.54) is 36.3 Å². The lowest BCUT2D eigenvalue weighted by molar-refractivity contribution is -0.153. The highest BCUT2D eigenvalue weighted by molar-refractivity contribution is 8.00. The van der Waals surface area contributed by atoms with Crippen LogP contribution in [0.3, 0.4) is 0 Å². The number of rotatable bonds is 6. The summed E-state index contributed by atoms with van der Waals surface area (Å²) in [5.41, 5.74) is 1.13. The van der Waals surface area contributed by atoms with Crippen molar-refractivity contribution >= 4 is 56.5 Å². The van der Waals surface area contributed by atoms with Crippen molar-refractivity contribution in [3.05, 3.63) is 40.0 Å². The Morgan fingerprint density at radius 3 is 2.79 bits per heavy atom. The lowest BCUT2D eigenvalue weighted by atomic mass is 10.2. The molecule has 2 aromatic heterocycles. The first kappa shape index (κ1) is 21.7. The molecule has 11 heteroatoms. The molecule has 5 nitrogen and oxygen atoms in total. The summed E-state index contributed by atoms with van der Waals surface area (Å²) in [7, 11) is 0. The SMILES string of the molecule is Cc1sc2ncnc(SCC(=O)Nc3cc(Cl)ccc3OCC(F)(F)F)c2c1C. The number of anilines is 1. The Bertz CT molecular complexity index is 1060. The zero-order valence-electron chi connectivity index (χ0n) is 15.3. The topological polar surface area (TPSA) is 64.1 Å². The second-order valence-corrected chi connectivity index (χ2v) is 8.63. The van der Waals surface area contributed by atoms with Crippen LogP contribution in [0.15, 0.2) is 29.6 Å². The molecule has 0 radical (unpaired) electrons. The van der Waals surface area contributed by atoms with Crippen LogP contribution in [0.1, 0.15) is 10.4 Å². The van der Waals surface area contributed by atoms with Crippen molar-refractivity contribution in [2.24, 2.45) is 0 Å². The number of aromatic nitrogens is 2. The van der Waals surface area contributed by atoms with Crippen LogP contribution in [0.25, 0.3) is 10.2 Å². The third-order valence-electron chi connectivity index (χ3n) is 3.88. The van der Waals surface area contributed by atoms with Gasteiger partial charge in [-0.15, -0.1) is 11.3 Å². The first-order valence-corrected chi connectivity index (χ1v) is 10.4. The fraction of sp³-hybridized carbons (Fsp3) is 0.278. The second-order valence-electron chi connectivity index (χ2n) is 6.02. The number of hydrogen-bond donors (Lipinski definition) is 1. The van der Waals surface area contributed by atoms with Crippen molar-refractivity contribution in [1.82, 2.24) is 9.97 Å². The predicted molar refractivity (Wildman–Crippen MR) is 109 cm³/mol. The van der Waals surface area contributed by atoms with E-state index in [0.29, 0.717) is 5.03 Å². The number of thiophene rings is 1. The molecule has 0 fully saturated rings. The van der Waals surface area contributed by atoms with Gasteiger partial charge < -0.3 is 10.1 Å². The summed E-state index contributed by atoms with van der Waals surface area (Å²) < 4.78 is 42.1. The molecule has 0 aliphatic rings. The van der Waals surface area contributed by atoms with E-state index in [1.807, 2.05) is 13.8 Å². The van der Waals surface area contributed by atoms with Gasteiger partial charge in [-0.25, -0.2) is 9.97 Å². The van der Waals surface area contributed by atoms with Gasteiger partial charge in [0.1, 0.15) is 21.9 Å². The molecule has 29 heavy (non-hydrogen) atoms. The van der Waals surface area contributed by atoms with E-state index in [9.17, 15) is 18.0 Å². The van der Waals surface area contributed by atoms with E-state index in [1.54, 1.807) is 11.3 Å². The number of hydrogen-bond acceptors (Lipinski definition) is 6. The van der Waals surface area contributed by atoms with Gasteiger partial charge in [-0.3, -0.25) is 4.79 Å². The highest BCUT2D eigenvalue weighted by Crippen LogP contribution is 2.35. The number of carbonyl (C=O) groups excluding carboxylic acids is 1. The number of nitrogens with one attached hydrogen (secondary N) is 1. The van der Waals surface area contributed by atoms with E-state index < -0.39 is 18.7 Å². The molecule has 2 heterocycles. The zero-order valence-corrected chi connectivity index (χ0v) is 17.7. The van der Waals surface area contributed by atoms with Crippen molar-refractivity contribution in [1.29, 1.82) is 0 Å². The number of thioether (sulfide) groups is 1. The summed E-state index contributed by atoms with van der Waals surface area (Å²) in [4.78, 5) is 22.9. The highest BCUT2D eigenvalue weighted by atomic mass is 35.5. The number of benzene rings is 1. The summed E-state index contributed by atoms with van der Waals surface area (Å²) in [6, 6.07) is 4.00. The van der Waals surface area contributed by atoms with Crippen LogP contribution in [0.4, 0.5) is 18.9 Å². The molecule has 3 aromatic rings. The summed E-state index contributed by atoms with van der Waals surface area (Å²) in [5, 5.41) is 4.39. The number of alkyl halides is 3. The predicted octanol–water partition coefficient (Wildman–Crippen LogP) is 5.63. The van der Waals surface area contributed by atoms with E-state index in [2.05, 4.69) is 15.3 Å². The molecule has 154 valence electrons. The molecule has 3 rings (SSSR count). The van der Waals surface area contributed by atoms with Crippen LogP contribution in [-0.4, -0.2) is 34.4 Å². The molecule has 0 bridgehead atoms. The number of amides is 1. The van der Waals surface area contributed by atoms with E-state index >= 15 is 0 Å². The highest BCUT2D eigenvalue weighted by Gasteiger charge is 2.29. The molecule has 1 aromatic carbocycles. The molecule has 0 aliphatic heterocycles. The minimum atomic E-state index is -4.49. The molecule has 0 spiro atoms. The third-order valence-corrected chi connectivity index (χ3v) is 6.22. The van der Waals surface area contributed by atoms with E-state index in [0.717, 1.165) is 20.7 Å². The quantitative estimate of drug-likeness (QED) is 0.380. The largest absolute Gasteiger partial charge is 0.482 e. The normalized spacial score (nSPS) is 11.7. The van der Waals surface area contributed by atoms with Gasteiger partial charge in [0.2, 0.25) is 5.91 Å². The van der Waals surface area contributed by atoms with Gasteiger partial charge in [-0.2, -0.15) is 13.2 Å². The molecule has 0 unspecified atom stereocenters. The maximum atomic E-state index is 12.4. The van der Waals surface area contributed by atoms with Gasteiger partial charge >= 0.3 is 6.18 Å². The molecule has 0 saturated heterocycles. The zero-order chi connectivity index (χ0) is 21.2. The van der Waals surface area contributed by atoms with Gasteiger partial charge in [0, 0.05) is 15.3 Å². The number of nitrogens with zero attached hydrogens (tertiary/aromatic N) is 2. The number of fused-ring (bicyclic) bond motifs is 1. The van der Waals surface area contributed by atoms with Crippen molar-refractivity contribution < 1.29 is 22.7 Å². The second kappa shape index (κ2) is 8.76. The lowest BCUT2D eigenvalue weighted by Crippen LogP contribution is -2.20. The molecule has 1 N–H and O–H groups in total. The Hall–Kier alpha value is -2.04. The Kier molecular flexibility index (Phi) is 6.55. The molecule has 0 aliphatic carbocycles. The van der Waals surface area contributed by atoms with Gasteiger partial charge in [0.25, 0.3) is 0 Å². The summed E-state index contributed by atoms with van der Waals surface area (Å²) in [6.45, 7) is 2.49. The number of carbonyl (C=O) groups is 1. The van der Waals surface area contributed by atoms with E-state index in [4.69, 9.17) is 16.3 Å². The first-order valence-electron chi connectivity index (χ1n) is 8.26. The van der Waals surface area contributed by atoms with Crippen LogP contribution in [0.2, 0.25) is 5.02 Å². The summed E-state index contributed by atoms with van der Waals surface area (Å²) in [6.07, 6.45) is -3.05. The van der Waals surface area contributed by atoms with Crippen LogP contribution in [0, 0.1) is 13.8 Å². The lowest BCUT2D eigenvalue weighted by Gasteiger charge is -2.14. The minimum Gasteiger partial charge on any atom is -0.482 e. The molecular weight excluding hydrogens is 447 g/mol. The molecule has 1 amide bonds. The Labute approximate surface area is 177 Å². The number of aryl methyl sites for hydroxylation is 2. The number of ether oxygens (including phenoxy) is 1. The first-order chi connectivity index (χ1) is 13.6. The van der Waals surface area contributed by atoms with Gasteiger partial charge in [0.05, 0.1) is 11.4 Å². The Balaban J connectivity index is 1.71. The number of halogens is 4. The van der Waals surface area contributed by atoms with Gasteiger partial charge in [0.15, 0.2) is 6.61 Å². The molecular formula is C18H15ClF3N3O2S2. The van der Waals surface area contributed by atoms with Gasteiger partial charge in [-0.1, -0.05) is 23.4 Å².